The van der Waals surface area contributed by atoms with Gasteiger partial charge in [-0.1, -0.05) is 6.08 Å². The second-order valence-corrected chi connectivity index (χ2v) is 3.12. The molecule has 0 heterocycles. The van der Waals surface area contributed by atoms with Crippen LogP contribution in [0.4, 0.5) is 0 Å². The highest BCUT2D eigenvalue weighted by atomic mass is 16.2. The van der Waals surface area contributed by atoms with Crippen LogP contribution in [0.5, 0.6) is 0 Å². The monoisotopic (exact) mass is 220 g/mol. The minimum Gasteiger partial charge on any atom is -0.340 e. The summed E-state index contributed by atoms with van der Waals surface area (Å²) in [5.41, 5.74) is 0. The van der Waals surface area contributed by atoms with Gasteiger partial charge in [-0.2, -0.15) is 10.5 Å². The fourth-order valence-electron chi connectivity index (χ4n) is 1.12. The quantitative estimate of drug-likeness (QED) is 0.475. The number of nitrogens with one attached hydrogen (secondary N) is 1. The van der Waals surface area contributed by atoms with Crippen molar-refractivity contribution in [2.24, 2.45) is 0 Å². The lowest BCUT2D eigenvalue weighted by Gasteiger charge is -2.20. The van der Waals surface area contributed by atoms with Crippen molar-refractivity contribution in [3.8, 4) is 12.1 Å². The number of nitriles is 2. The fourth-order valence-corrected chi connectivity index (χ4v) is 1.12. The first kappa shape index (κ1) is 14.2. The molecular formula is C11H16N4O. The molecule has 0 bridgehead atoms. The standard InChI is InChI=1S/C11H16N4O/c1-2-7-14-10-11(16)15(8-3-5-12)9-4-6-13/h2,14H,1,3-4,7-10H2. The Bertz CT molecular complexity index is 282. The van der Waals surface area contributed by atoms with Crippen LogP contribution in [-0.4, -0.2) is 37.0 Å². The van der Waals surface area contributed by atoms with E-state index in [1.54, 1.807) is 6.08 Å². The van der Waals surface area contributed by atoms with Crippen LogP contribution in [0.25, 0.3) is 0 Å². The second kappa shape index (κ2) is 9.70. The Morgan fingerprint density at radius 3 is 2.31 bits per heavy atom. The van der Waals surface area contributed by atoms with E-state index < -0.39 is 0 Å². The van der Waals surface area contributed by atoms with Gasteiger partial charge in [0.25, 0.3) is 0 Å². The highest BCUT2D eigenvalue weighted by Gasteiger charge is 2.11. The molecule has 0 atom stereocenters. The van der Waals surface area contributed by atoms with E-state index in [0.717, 1.165) is 0 Å². The number of carbonyl (C=O) groups is 1. The first-order valence-corrected chi connectivity index (χ1v) is 5.09. The van der Waals surface area contributed by atoms with Crippen molar-refractivity contribution in [2.75, 3.05) is 26.2 Å². The Kier molecular flexibility index (Phi) is 8.57. The van der Waals surface area contributed by atoms with E-state index >= 15 is 0 Å². The molecule has 0 saturated heterocycles. The molecule has 0 fully saturated rings. The van der Waals surface area contributed by atoms with Gasteiger partial charge in [0, 0.05) is 19.6 Å². The third-order valence-corrected chi connectivity index (χ3v) is 1.90. The third-order valence-electron chi connectivity index (χ3n) is 1.90. The first-order valence-electron chi connectivity index (χ1n) is 5.09. The van der Waals surface area contributed by atoms with E-state index in [0.29, 0.717) is 32.5 Å². The summed E-state index contributed by atoms with van der Waals surface area (Å²) in [7, 11) is 0. The first-order chi connectivity index (χ1) is 7.76. The molecule has 0 aromatic carbocycles. The Morgan fingerprint density at radius 1 is 1.31 bits per heavy atom. The number of hydrogen-bond donors (Lipinski definition) is 1. The molecule has 0 aromatic rings. The van der Waals surface area contributed by atoms with E-state index in [1.165, 1.54) is 4.90 Å². The summed E-state index contributed by atoms with van der Waals surface area (Å²) in [6, 6.07) is 3.97. The van der Waals surface area contributed by atoms with Crippen molar-refractivity contribution in [1.82, 2.24) is 10.2 Å². The molecular weight excluding hydrogens is 204 g/mol. The van der Waals surface area contributed by atoms with Crippen LogP contribution in [0.3, 0.4) is 0 Å². The highest BCUT2D eigenvalue weighted by Crippen LogP contribution is 1.94. The Balaban J connectivity index is 4.05. The van der Waals surface area contributed by atoms with E-state index in [2.05, 4.69) is 11.9 Å². The lowest BCUT2D eigenvalue weighted by Crippen LogP contribution is -2.39. The van der Waals surface area contributed by atoms with E-state index in [9.17, 15) is 4.79 Å². The molecule has 1 amide bonds. The maximum atomic E-state index is 11.6. The molecule has 1 N–H and O–H groups in total. The lowest BCUT2D eigenvalue weighted by molar-refractivity contribution is -0.130. The maximum Gasteiger partial charge on any atom is 0.236 e. The molecule has 0 aromatic heterocycles. The van der Waals surface area contributed by atoms with Gasteiger partial charge in [-0.05, 0) is 0 Å². The molecule has 5 heteroatoms. The van der Waals surface area contributed by atoms with Gasteiger partial charge >= 0.3 is 0 Å². The van der Waals surface area contributed by atoms with Gasteiger partial charge in [0.2, 0.25) is 5.91 Å². The molecule has 0 rings (SSSR count). The van der Waals surface area contributed by atoms with Crippen LogP contribution in [0.1, 0.15) is 12.8 Å². The van der Waals surface area contributed by atoms with Crippen molar-refractivity contribution in [3.05, 3.63) is 12.7 Å². The zero-order chi connectivity index (χ0) is 12.2. The molecule has 0 saturated carbocycles. The van der Waals surface area contributed by atoms with Crippen molar-refractivity contribution < 1.29 is 4.79 Å². The smallest absolute Gasteiger partial charge is 0.236 e. The number of carbonyl (C=O) groups excluding carboxylic acids is 1. The van der Waals surface area contributed by atoms with E-state index in [-0.39, 0.29) is 12.5 Å². The van der Waals surface area contributed by atoms with Crippen molar-refractivity contribution in [3.63, 3.8) is 0 Å². The normalized spacial score (nSPS) is 8.88. The molecule has 0 aliphatic heterocycles. The Hall–Kier alpha value is -1.85. The SMILES string of the molecule is C=CCNCC(=O)N(CCC#N)CCC#N. The number of nitrogens with zero attached hydrogens (tertiary/aromatic N) is 3. The third kappa shape index (κ3) is 6.58. The zero-order valence-corrected chi connectivity index (χ0v) is 9.28. The van der Waals surface area contributed by atoms with Crippen LogP contribution in [0.2, 0.25) is 0 Å². The second-order valence-electron chi connectivity index (χ2n) is 3.12. The predicted octanol–water partition coefficient (Wildman–Crippen LogP) is 0.418. The number of amides is 1. The molecule has 5 nitrogen and oxygen atoms in total. The number of rotatable bonds is 8. The van der Waals surface area contributed by atoms with E-state index in [4.69, 9.17) is 10.5 Å². The maximum absolute atomic E-state index is 11.6. The summed E-state index contributed by atoms with van der Waals surface area (Å²) in [6.45, 7) is 5.07. The predicted molar refractivity (Wildman–Crippen MR) is 60.1 cm³/mol. The zero-order valence-electron chi connectivity index (χ0n) is 9.28. The largest absolute Gasteiger partial charge is 0.340 e. The van der Waals surface area contributed by atoms with Crippen molar-refractivity contribution >= 4 is 5.91 Å². The molecule has 0 spiro atoms. The summed E-state index contributed by atoms with van der Waals surface area (Å²) >= 11 is 0. The molecule has 0 unspecified atom stereocenters. The van der Waals surface area contributed by atoms with Gasteiger partial charge in [0.05, 0.1) is 31.5 Å². The summed E-state index contributed by atoms with van der Waals surface area (Å²) in [5, 5.41) is 19.8. The molecule has 0 aliphatic rings. The van der Waals surface area contributed by atoms with Crippen molar-refractivity contribution in [2.45, 2.75) is 12.8 Å². The number of hydrogen-bond acceptors (Lipinski definition) is 4. The fraction of sp³-hybridized carbons (Fsp3) is 0.545. The van der Waals surface area contributed by atoms with Crippen LogP contribution in [0.15, 0.2) is 12.7 Å². The topological polar surface area (TPSA) is 79.9 Å². The molecule has 86 valence electrons. The van der Waals surface area contributed by atoms with E-state index in [1.807, 2.05) is 12.1 Å². The van der Waals surface area contributed by atoms with Gasteiger partial charge in [-0.3, -0.25) is 4.79 Å². The summed E-state index contributed by atoms with van der Waals surface area (Å²) in [6.07, 6.45) is 2.25. The van der Waals surface area contributed by atoms with Crippen LogP contribution < -0.4 is 5.32 Å². The van der Waals surface area contributed by atoms with Crippen LogP contribution in [0, 0.1) is 22.7 Å². The minimum absolute atomic E-state index is 0.0904. The Labute approximate surface area is 96.0 Å². The van der Waals surface area contributed by atoms with Gasteiger partial charge in [-0.25, -0.2) is 0 Å². The highest BCUT2D eigenvalue weighted by molar-refractivity contribution is 5.78. The molecule has 0 aliphatic carbocycles. The lowest BCUT2D eigenvalue weighted by atomic mass is 10.3. The minimum atomic E-state index is -0.0904. The summed E-state index contributed by atoms with van der Waals surface area (Å²) in [4.78, 5) is 13.2. The summed E-state index contributed by atoms with van der Waals surface area (Å²) < 4.78 is 0. The molecule has 0 radical (unpaired) electrons. The van der Waals surface area contributed by atoms with Gasteiger partial charge in [-0.15, -0.1) is 6.58 Å². The average Bonchev–Trinajstić information content (AvgIpc) is 2.29. The summed E-state index contributed by atoms with van der Waals surface area (Å²) in [5.74, 6) is -0.0904. The van der Waals surface area contributed by atoms with Crippen molar-refractivity contribution in [1.29, 1.82) is 10.5 Å². The van der Waals surface area contributed by atoms with Gasteiger partial charge < -0.3 is 10.2 Å². The molecule has 16 heavy (non-hydrogen) atoms. The van der Waals surface area contributed by atoms with Crippen LogP contribution in [-0.2, 0) is 4.79 Å². The van der Waals surface area contributed by atoms with Gasteiger partial charge in [0.15, 0.2) is 0 Å². The average molecular weight is 220 g/mol. The Morgan fingerprint density at radius 2 is 1.88 bits per heavy atom. The van der Waals surface area contributed by atoms with Gasteiger partial charge in [0.1, 0.15) is 0 Å². The van der Waals surface area contributed by atoms with Crippen LogP contribution >= 0.6 is 0 Å².